The van der Waals surface area contributed by atoms with Crippen molar-refractivity contribution in [2.75, 3.05) is 47.9 Å². The molecule has 1 aromatic heterocycles. The van der Waals surface area contributed by atoms with Crippen molar-refractivity contribution in [3.05, 3.63) is 293 Å². The molecule has 6 aromatic carbocycles. The van der Waals surface area contributed by atoms with Gasteiger partial charge in [0.25, 0.3) is 0 Å². The standard InChI is InChI=1S/C18H18N2O.C16H15N3.C16H18N2O.C15H16N2.C13H15F3N2/c1-12-8-9-15-14-6-4-5-7-16(14)21-18(15)17(12)20-11-10-19(3)13(20)2;1-12-9-14(10-17)6-7-16(12)19-11-15-5-3-4-8-18(15)13(19)2;1-12-10-15(19-3)7-8-16(12)18-11-14-6-4-5-9-17(14)13(18)2;1-12-7-3-4-9-14(12)15-11-13-8-5-6-10-17(13)16(15)2;1-9-5-4-6-11(13(14,15)16)12(9)18-8-7-17(3)10(18)2/h4-11,13H,1-3H3;3-9,11,13H,1-2H3;4-11,13H,1-3H3;3-11,15H,1-2H3;4-8,10H,1-3H3/t3*13-;;10-/m111.1/s1. The predicted octanol–water partition coefficient (Wildman–Crippen LogP) is 17.9. The van der Waals surface area contributed by atoms with Gasteiger partial charge < -0.3 is 48.4 Å². The molecule has 0 saturated carbocycles. The second-order valence-corrected chi connectivity index (χ2v) is 24.4. The van der Waals surface area contributed by atoms with Crippen LogP contribution in [0.3, 0.4) is 0 Å². The van der Waals surface area contributed by atoms with Crippen LogP contribution in [0.25, 0.3) is 21.9 Å². The highest BCUT2D eigenvalue weighted by molar-refractivity contribution is 6.09. The fraction of sp³-hybridized carbons (Fsp3) is 0.244. The molecule has 0 saturated heterocycles. The van der Waals surface area contributed by atoms with Gasteiger partial charge in [0.2, 0.25) is 0 Å². The summed E-state index contributed by atoms with van der Waals surface area (Å²) >= 11 is 0. The third kappa shape index (κ3) is 13.0. The number of aryl methyl sites for hydroxylation is 5. The molecule has 5 atom stereocenters. The van der Waals surface area contributed by atoms with Gasteiger partial charge in [0, 0.05) is 99.1 Å². The van der Waals surface area contributed by atoms with Crippen molar-refractivity contribution in [1.82, 2.24) is 29.6 Å². The lowest BCUT2D eigenvalue weighted by atomic mass is 10.0. The number of para-hydroxylation sites is 2. The van der Waals surface area contributed by atoms with Crippen LogP contribution in [0.15, 0.2) is 253 Å². The normalized spacial score (nSPS) is 20.3. The Morgan fingerprint density at radius 1 is 0.489 bits per heavy atom. The predicted molar refractivity (Wildman–Crippen MR) is 376 cm³/mol. The number of halogens is 3. The average molecular weight is 1260 g/mol. The van der Waals surface area contributed by atoms with E-state index in [0.29, 0.717) is 29.5 Å². The number of benzene rings is 6. The summed E-state index contributed by atoms with van der Waals surface area (Å²) in [5, 5.41) is 15.8. The third-order valence-corrected chi connectivity index (χ3v) is 18.4. The van der Waals surface area contributed by atoms with E-state index < -0.39 is 11.7 Å². The van der Waals surface area contributed by atoms with E-state index in [0.717, 1.165) is 39.9 Å². The Morgan fingerprint density at radius 2 is 1.04 bits per heavy atom. The molecule has 482 valence electrons. The van der Waals surface area contributed by atoms with Gasteiger partial charge in [-0.25, -0.2) is 5.01 Å². The molecular formula is C78H82F3N11O2. The molecule has 94 heavy (non-hydrogen) atoms. The summed E-state index contributed by atoms with van der Waals surface area (Å²) in [7, 11) is 7.76. The van der Waals surface area contributed by atoms with Crippen molar-refractivity contribution in [2.24, 2.45) is 0 Å². The molecule has 16 heteroatoms. The third-order valence-electron chi connectivity index (χ3n) is 18.4. The molecule has 7 aromatic rings. The van der Waals surface area contributed by atoms with Gasteiger partial charge in [0.05, 0.1) is 58.8 Å². The van der Waals surface area contributed by atoms with E-state index in [1.807, 2.05) is 74.3 Å². The first-order valence-electron chi connectivity index (χ1n) is 31.7. The van der Waals surface area contributed by atoms with Crippen LogP contribution in [0.4, 0.5) is 35.9 Å². The largest absolute Gasteiger partial charge is 0.497 e. The number of hydrazine groups is 1. The molecule has 0 spiro atoms. The summed E-state index contributed by atoms with van der Waals surface area (Å²) in [6, 6.07) is 40.0. The minimum Gasteiger partial charge on any atom is -0.497 e. The summed E-state index contributed by atoms with van der Waals surface area (Å²) in [6.45, 7) is 18.6. The van der Waals surface area contributed by atoms with Crippen LogP contribution in [0.5, 0.6) is 5.75 Å². The number of methoxy groups -OCH3 is 1. The van der Waals surface area contributed by atoms with Gasteiger partial charge in [0.15, 0.2) is 5.58 Å². The lowest BCUT2D eigenvalue weighted by Gasteiger charge is -2.30. The van der Waals surface area contributed by atoms with Crippen molar-refractivity contribution in [2.45, 2.75) is 99.2 Å². The van der Waals surface area contributed by atoms with Gasteiger partial charge in [-0.1, -0.05) is 85.0 Å². The van der Waals surface area contributed by atoms with Gasteiger partial charge >= 0.3 is 6.18 Å². The number of nitrogens with zero attached hydrogens (tertiary/aromatic N) is 11. The van der Waals surface area contributed by atoms with E-state index in [9.17, 15) is 13.2 Å². The quantitative estimate of drug-likeness (QED) is 0.159. The number of nitriles is 1. The number of anilines is 4. The summed E-state index contributed by atoms with van der Waals surface area (Å²) in [6.07, 6.45) is 35.8. The van der Waals surface area contributed by atoms with E-state index in [2.05, 4.69) is 254 Å². The van der Waals surface area contributed by atoms with Crippen LogP contribution >= 0.6 is 0 Å². The van der Waals surface area contributed by atoms with Crippen LogP contribution in [-0.2, 0) is 6.18 Å². The average Bonchev–Trinajstić information content (AvgIpc) is 1.59. The topological polar surface area (TPSA) is 78.6 Å². The molecule has 0 aliphatic carbocycles. The molecule has 13 nitrogen and oxygen atoms in total. The molecule has 8 aliphatic heterocycles. The Hall–Kier alpha value is -10.5. The monoisotopic (exact) mass is 1260 g/mol. The molecule has 15 rings (SSSR count). The van der Waals surface area contributed by atoms with Crippen LogP contribution in [-0.4, -0.2) is 82.5 Å². The summed E-state index contributed by atoms with van der Waals surface area (Å²) in [4.78, 5) is 17.0. The molecule has 9 heterocycles. The Kier molecular flexibility index (Phi) is 18.9. The summed E-state index contributed by atoms with van der Waals surface area (Å²) < 4.78 is 50.6. The first-order valence-corrected chi connectivity index (χ1v) is 31.7. The first-order chi connectivity index (χ1) is 45.2. The van der Waals surface area contributed by atoms with Crippen LogP contribution in [0.2, 0.25) is 0 Å². The molecular weight excluding hydrogens is 1180 g/mol. The van der Waals surface area contributed by atoms with Gasteiger partial charge in [0.1, 0.15) is 36.0 Å². The molecule has 8 aliphatic rings. The van der Waals surface area contributed by atoms with E-state index >= 15 is 0 Å². The highest BCUT2D eigenvalue weighted by atomic mass is 19.4. The molecule has 0 radical (unpaired) electrons. The van der Waals surface area contributed by atoms with Crippen LogP contribution in [0, 0.1) is 45.9 Å². The minimum atomic E-state index is -4.34. The van der Waals surface area contributed by atoms with E-state index in [-0.39, 0.29) is 18.0 Å². The number of alkyl halides is 3. The zero-order valence-electron chi connectivity index (χ0n) is 55.7. The van der Waals surface area contributed by atoms with Crippen LogP contribution < -0.4 is 24.3 Å². The van der Waals surface area contributed by atoms with E-state index in [1.54, 1.807) is 37.4 Å². The Morgan fingerprint density at radius 3 is 1.60 bits per heavy atom. The van der Waals surface area contributed by atoms with Gasteiger partial charge in [-0.15, -0.1) is 0 Å². The summed E-state index contributed by atoms with van der Waals surface area (Å²) in [5.74, 6) is 0.901. The minimum absolute atomic E-state index is 0.118. The van der Waals surface area contributed by atoms with Gasteiger partial charge in [-0.05, 0) is 187 Å². The van der Waals surface area contributed by atoms with Crippen molar-refractivity contribution >= 4 is 44.7 Å². The maximum atomic E-state index is 13.0. The van der Waals surface area contributed by atoms with Crippen molar-refractivity contribution in [3.8, 4) is 11.8 Å². The number of fused-ring (bicyclic) bond motifs is 6. The van der Waals surface area contributed by atoms with E-state index in [4.69, 9.17) is 14.4 Å². The molecule has 0 bridgehead atoms. The highest BCUT2D eigenvalue weighted by Crippen LogP contribution is 2.43. The second-order valence-electron chi connectivity index (χ2n) is 24.4. The maximum absolute atomic E-state index is 13.0. The van der Waals surface area contributed by atoms with Crippen molar-refractivity contribution < 1.29 is 22.3 Å². The number of rotatable bonds is 6. The number of allylic oxidation sites excluding steroid dienone is 9. The number of furan rings is 1. The Bertz CT molecular complexity index is 4380. The zero-order chi connectivity index (χ0) is 66.7. The molecule has 1 unspecified atom stereocenters. The summed E-state index contributed by atoms with van der Waals surface area (Å²) in [5.41, 5.74) is 16.4. The number of likely N-dealkylation sites (N-methyl/N-ethyl adjacent to an activating group) is 1. The first kappa shape index (κ1) is 65.0. The van der Waals surface area contributed by atoms with E-state index in [1.165, 1.54) is 61.9 Å². The van der Waals surface area contributed by atoms with Gasteiger partial charge in [-0.3, -0.25) is 5.01 Å². The zero-order valence-corrected chi connectivity index (χ0v) is 55.7. The molecule has 0 amide bonds. The fourth-order valence-electron chi connectivity index (χ4n) is 12.9. The highest BCUT2D eigenvalue weighted by Gasteiger charge is 2.38. The number of hydrogen-bond donors (Lipinski definition) is 0. The molecule has 0 fully saturated rings. The molecule has 0 N–H and O–H groups in total. The van der Waals surface area contributed by atoms with Crippen LogP contribution in [0.1, 0.15) is 78.2 Å². The van der Waals surface area contributed by atoms with Crippen molar-refractivity contribution in [1.29, 1.82) is 5.26 Å². The second kappa shape index (κ2) is 27.4. The fourth-order valence-corrected chi connectivity index (χ4v) is 12.9. The Balaban J connectivity index is 0.000000120. The SMILES string of the molecule is COc1ccc(N2C=C3C=CC=CN3[C@H]2C)c(C)c1.Cc1cc(C#N)ccc1N1C=C2C=CC=CN2[C@H]1C.Cc1ccc2c(oc3ccccc32)c1N1C=CN(C)[C@H]1C.Cc1cccc(C(F)(F)F)c1N1C=CN(C)[C@H]1C.Cc1ccccc1C1C=C2C=CC=CN2N1C. The van der Waals surface area contributed by atoms with Crippen molar-refractivity contribution in [3.63, 3.8) is 0 Å². The lowest BCUT2D eigenvalue weighted by molar-refractivity contribution is -0.137. The lowest BCUT2D eigenvalue weighted by Crippen LogP contribution is -2.35. The number of ether oxygens (including phenoxy) is 1. The smallest absolute Gasteiger partial charge is 0.418 e. The number of hydrogen-bond acceptors (Lipinski definition) is 13. The Labute approximate surface area is 551 Å². The maximum Gasteiger partial charge on any atom is 0.418 e. The van der Waals surface area contributed by atoms with Gasteiger partial charge in [-0.2, -0.15) is 18.4 Å².